The number of carbonyl (C=O) groups is 1. The van der Waals surface area contributed by atoms with Crippen molar-refractivity contribution in [3.8, 4) is 0 Å². The number of halogens is 2. The number of amides is 1. The standard InChI is InChI=1S/C30H34Cl2N2O2/c1-30(2,3)36-29(35)34(20-23-7-5-4-6-8-23)16-15-33-21-25-18-27(32)14-11-24(25)19-28(33)17-22-9-12-26(31)13-10-22/h4-14,18,28H,15-17,19-21H2,1-3H3. The lowest BCUT2D eigenvalue weighted by molar-refractivity contribution is 0.0198. The molecule has 1 aliphatic rings. The maximum absolute atomic E-state index is 13.1. The summed E-state index contributed by atoms with van der Waals surface area (Å²) in [7, 11) is 0. The second-order valence-corrected chi connectivity index (χ2v) is 11.3. The third kappa shape index (κ3) is 7.49. The maximum Gasteiger partial charge on any atom is 0.410 e. The van der Waals surface area contributed by atoms with E-state index in [-0.39, 0.29) is 6.09 Å². The number of hydrogen-bond acceptors (Lipinski definition) is 3. The Kier molecular flexibility index (Phi) is 8.61. The van der Waals surface area contributed by atoms with E-state index in [0.29, 0.717) is 19.1 Å². The molecule has 0 radical (unpaired) electrons. The molecule has 1 aliphatic heterocycles. The molecule has 36 heavy (non-hydrogen) atoms. The summed E-state index contributed by atoms with van der Waals surface area (Å²) in [6, 6.07) is 24.6. The highest BCUT2D eigenvalue weighted by Crippen LogP contribution is 2.28. The minimum atomic E-state index is -0.552. The molecule has 4 nitrogen and oxygen atoms in total. The van der Waals surface area contributed by atoms with Crippen molar-refractivity contribution in [2.75, 3.05) is 13.1 Å². The zero-order valence-electron chi connectivity index (χ0n) is 21.2. The van der Waals surface area contributed by atoms with Crippen molar-refractivity contribution in [3.05, 3.63) is 105 Å². The topological polar surface area (TPSA) is 32.8 Å². The van der Waals surface area contributed by atoms with E-state index in [1.807, 2.05) is 74.2 Å². The van der Waals surface area contributed by atoms with Gasteiger partial charge in [-0.3, -0.25) is 4.90 Å². The van der Waals surface area contributed by atoms with Gasteiger partial charge >= 0.3 is 6.09 Å². The number of benzene rings is 3. The number of rotatable bonds is 7. The molecule has 0 fully saturated rings. The average molecular weight is 526 g/mol. The van der Waals surface area contributed by atoms with Gasteiger partial charge in [0.2, 0.25) is 0 Å². The summed E-state index contributed by atoms with van der Waals surface area (Å²) in [6.45, 7) is 8.31. The molecular weight excluding hydrogens is 491 g/mol. The molecule has 0 aromatic heterocycles. The van der Waals surface area contributed by atoms with Crippen molar-refractivity contribution >= 4 is 29.3 Å². The summed E-state index contributed by atoms with van der Waals surface area (Å²) in [5, 5.41) is 1.50. The number of carbonyl (C=O) groups excluding carboxylic acids is 1. The van der Waals surface area contributed by atoms with Crippen LogP contribution in [0.5, 0.6) is 0 Å². The second-order valence-electron chi connectivity index (χ2n) is 10.5. The predicted octanol–water partition coefficient (Wildman–Crippen LogP) is 7.40. The van der Waals surface area contributed by atoms with Crippen molar-refractivity contribution in [3.63, 3.8) is 0 Å². The molecule has 1 heterocycles. The van der Waals surface area contributed by atoms with Gasteiger partial charge < -0.3 is 9.64 Å². The highest BCUT2D eigenvalue weighted by Gasteiger charge is 2.28. The van der Waals surface area contributed by atoms with E-state index in [2.05, 4.69) is 29.2 Å². The number of ether oxygens (including phenoxy) is 1. The Morgan fingerprint density at radius 2 is 1.64 bits per heavy atom. The number of fused-ring (bicyclic) bond motifs is 1. The third-order valence-electron chi connectivity index (χ3n) is 6.42. The summed E-state index contributed by atoms with van der Waals surface area (Å²) < 4.78 is 5.76. The van der Waals surface area contributed by atoms with Crippen molar-refractivity contribution in [1.82, 2.24) is 9.80 Å². The van der Waals surface area contributed by atoms with Crippen LogP contribution in [0.25, 0.3) is 0 Å². The Morgan fingerprint density at radius 1 is 0.944 bits per heavy atom. The number of hydrogen-bond donors (Lipinski definition) is 0. The molecule has 3 aromatic rings. The molecule has 0 saturated carbocycles. The van der Waals surface area contributed by atoms with Crippen LogP contribution in [0.1, 0.15) is 43.0 Å². The lowest BCUT2D eigenvalue weighted by atomic mass is 9.90. The Labute approximate surface area is 224 Å². The van der Waals surface area contributed by atoms with Gasteiger partial charge in [-0.1, -0.05) is 71.7 Å². The molecule has 4 rings (SSSR count). The SMILES string of the molecule is CC(C)(C)OC(=O)N(CCN1Cc2cc(Cl)ccc2CC1Cc1ccc(Cl)cc1)Cc1ccccc1. The zero-order chi connectivity index (χ0) is 25.7. The first-order chi connectivity index (χ1) is 17.2. The molecule has 1 amide bonds. The van der Waals surface area contributed by atoms with Crippen LogP contribution in [0.3, 0.4) is 0 Å². The lowest BCUT2D eigenvalue weighted by Crippen LogP contribution is -2.47. The van der Waals surface area contributed by atoms with E-state index < -0.39 is 5.60 Å². The van der Waals surface area contributed by atoms with Gasteiger partial charge in [0, 0.05) is 42.3 Å². The van der Waals surface area contributed by atoms with Gasteiger partial charge in [-0.25, -0.2) is 4.79 Å². The molecule has 0 bridgehead atoms. The van der Waals surface area contributed by atoms with Gasteiger partial charge in [-0.2, -0.15) is 0 Å². The molecule has 190 valence electrons. The summed E-state index contributed by atoms with van der Waals surface area (Å²) in [4.78, 5) is 17.4. The van der Waals surface area contributed by atoms with E-state index >= 15 is 0 Å². The van der Waals surface area contributed by atoms with Crippen LogP contribution >= 0.6 is 23.2 Å². The van der Waals surface area contributed by atoms with Crippen LogP contribution in [-0.2, 0) is 30.7 Å². The van der Waals surface area contributed by atoms with Crippen molar-refractivity contribution < 1.29 is 9.53 Å². The van der Waals surface area contributed by atoms with Gasteiger partial charge in [-0.05, 0) is 80.1 Å². The first kappa shape index (κ1) is 26.5. The Hall–Kier alpha value is -2.53. The molecule has 6 heteroatoms. The highest BCUT2D eigenvalue weighted by atomic mass is 35.5. The minimum Gasteiger partial charge on any atom is -0.444 e. The van der Waals surface area contributed by atoms with E-state index in [0.717, 1.165) is 41.5 Å². The van der Waals surface area contributed by atoms with Crippen LogP contribution in [0.2, 0.25) is 10.0 Å². The molecule has 0 spiro atoms. The van der Waals surface area contributed by atoms with Crippen molar-refractivity contribution in [2.45, 2.75) is 58.3 Å². The monoisotopic (exact) mass is 524 g/mol. The van der Waals surface area contributed by atoms with Gasteiger partial charge in [0.1, 0.15) is 5.60 Å². The van der Waals surface area contributed by atoms with Crippen molar-refractivity contribution in [1.29, 1.82) is 0 Å². The molecule has 0 saturated heterocycles. The largest absolute Gasteiger partial charge is 0.444 e. The Morgan fingerprint density at radius 3 is 2.33 bits per heavy atom. The van der Waals surface area contributed by atoms with Gasteiger partial charge in [0.15, 0.2) is 0 Å². The Balaban J connectivity index is 1.54. The van der Waals surface area contributed by atoms with Gasteiger partial charge in [0.25, 0.3) is 0 Å². The highest BCUT2D eigenvalue weighted by molar-refractivity contribution is 6.30. The molecule has 0 aliphatic carbocycles. The van der Waals surface area contributed by atoms with Crippen LogP contribution in [0, 0.1) is 0 Å². The van der Waals surface area contributed by atoms with Crippen LogP contribution in [-0.4, -0.2) is 40.6 Å². The molecular formula is C30H34Cl2N2O2. The molecule has 0 N–H and O–H groups in total. The zero-order valence-corrected chi connectivity index (χ0v) is 22.7. The first-order valence-electron chi connectivity index (χ1n) is 12.4. The van der Waals surface area contributed by atoms with Gasteiger partial charge in [0.05, 0.1) is 0 Å². The Bertz CT molecular complexity index is 1160. The van der Waals surface area contributed by atoms with Crippen LogP contribution in [0.4, 0.5) is 4.79 Å². The maximum atomic E-state index is 13.1. The van der Waals surface area contributed by atoms with E-state index in [1.54, 1.807) is 0 Å². The van der Waals surface area contributed by atoms with E-state index in [1.165, 1.54) is 16.7 Å². The molecule has 1 unspecified atom stereocenters. The minimum absolute atomic E-state index is 0.291. The molecule has 1 atom stereocenters. The fourth-order valence-corrected chi connectivity index (χ4v) is 4.96. The van der Waals surface area contributed by atoms with Crippen LogP contribution < -0.4 is 0 Å². The molecule has 3 aromatic carbocycles. The first-order valence-corrected chi connectivity index (χ1v) is 13.2. The predicted molar refractivity (Wildman–Crippen MR) is 148 cm³/mol. The van der Waals surface area contributed by atoms with Gasteiger partial charge in [-0.15, -0.1) is 0 Å². The van der Waals surface area contributed by atoms with E-state index in [9.17, 15) is 4.79 Å². The summed E-state index contributed by atoms with van der Waals surface area (Å²) in [5.41, 5.74) is 4.37. The second kappa shape index (κ2) is 11.7. The third-order valence-corrected chi connectivity index (χ3v) is 6.91. The van der Waals surface area contributed by atoms with E-state index in [4.69, 9.17) is 27.9 Å². The van der Waals surface area contributed by atoms with Crippen LogP contribution in [0.15, 0.2) is 72.8 Å². The fourth-order valence-electron chi connectivity index (χ4n) is 4.64. The normalized spacial score (nSPS) is 15.9. The quantitative estimate of drug-likeness (QED) is 0.322. The van der Waals surface area contributed by atoms with Crippen molar-refractivity contribution in [2.24, 2.45) is 0 Å². The fraction of sp³-hybridized carbons (Fsp3) is 0.367. The number of nitrogens with zero attached hydrogens (tertiary/aromatic N) is 2. The average Bonchev–Trinajstić information content (AvgIpc) is 2.83. The summed E-state index contributed by atoms with van der Waals surface area (Å²) >= 11 is 12.4. The lowest BCUT2D eigenvalue weighted by Gasteiger charge is -2.38. The summed E-state index contributed by atoms with van der Waals surface area (Å²) in [5.74, 6) is 0. The smallest absolute Gasteiger partial charge is 0.410 e. The summed E-state index contributed by atoms with van der Waals surface area (Å²) in [6.07, 6.45) is 1.55.